The molecule has 2 nitrogen and oxygen atoms in total. The van der Waals surface area contributed by atoms with Crippen LogP contribution in [0.4, 0.5) is 0 Å². The van der Waals surface area contributed by atoms with Crippen molar-refractivity contribution in [2.75, 3.05) is 26.7 Å². The van der Waals surface area contributed by atoms with Crippen molar-refractivity contribution in [2.24, 2.45) is 10.8 Å². The molecule has 1 heterocycles. The molecule has 0 bridgehead atoms. The van der Waals surface area contributed by atoms with Crippen molar-refractivity contribution in [2.45, 2.75) is 59.9 Å². The molecule has 1 fully saturated rings. The second-order valence-corrected chi connectivity index (χ2v) is 7.13. The highest BCUT2D eigenvalue weighted by atomic mass is 15.1. The SMILES string of the molecule is CCCC1(CN(C)C(C)C(C)(C)C)CCNC1. The quantitative estimate of drug-likeness (QED) is 0.794. The monoisotopic (exact) mass is 240 g/mol. The molecule has 17 heavy (non-hydrogen) atoms. The Bertz CT molecular complexity index is 224. The number of rotatable bonds is 5. The first kappa shape index (κ1) is 15.0. The summed E-state index contributed by atoms with van der Waals surface area (Å²) in [5, 5.41) is 3.55. The van der Waals surface area contributed by atoms with Gasteiger partial charge in [0.1, 0.15) is 0 Å². The molecule has 0 aromatic rings. The number of nitrogens with zero attached hydrogens (tertiary/aromatic N) is 1. The summed E-state index contributed by atoms with van der Waals surface area (Å²) < 4.78 is 0. The lowest BCUT2D eigenvalue weighted by atomic mass is 9.80. The van der Waals surface area contributed by atoms with Gasteiger partial charge in [-0.15, -0.1) is 0 Å². The normalized spacial score (nSPS) is 27.7. The third-order valence-electron chi connectivity index (χ3n) is 4.61. The lowest BCUT2D eigenvalue weighted by Gasteiger charge is -2.41. The van der Waals surface area contributed by atoms with Crippen LogP contribution < -0.4 is 5.32 Å². The molecule has 2 heteroatoms. The molecule has 0 saturated carbocycles. The molecule has 102 valence electrons. The van der Waals surface area contributed by atoms with Crippen LogP contribution in [0.15, 0.2) is 0 Å². The van der Waals surface area contributed by atoms with Crippen LogP contribution in [0, 0.1) is 10.8 Å². The van der Waals surface area contributed by atoms with Gasteiger partial charge in [-0.25, -0.2) is 0 Å². The lowest BCUT2D eigenvalue weighted by Crippen LogP contribution is -2.46. The molecular weight excluding hydrogens is 208 g/mol. The zero-order valence-corrected chi connectivity index (χ0v) is 12.8. The van der Waals surface area contributed by atoms with Gasteiger partial charge in [0.2, 0.25) is 0 Å². The second-order valence-electron chi connectivity index (χ2n) is 7.13. The van der Waals surface area contributed by atoms with Crippen LogP contribution in [-0.2, 0) is 0 Å². The van der Waals surface area contributed by atoms with E-state index < -0.39 is 0 Å². The molecular formula is C15H32N2. The summed E-state index contributed by atoms with van der Waals surface area (Å²) >= 11 is 0. The van der Waals surface area contributed by atoms with E-state index >= 15 is 0 Å². The van der Waals surface area contributed by atoms with E-state index in [-0.39, 0.29) is 0 Å². The minimum atomic E-state index is 0.369. The fraction of sp³-hybridized carbons (Fsp3) is 1.00. The zero-order chi connectivity index (χ0) is 13.1. The molecule has 0 amide bonds. The summed E-state index contributed by atoms with van der Waals surface area (Å²) in [7, 11) is 2.30. The van der Waals surface area contributed by atoms with E-state index in [2.05, 4.69) is 51.9 Å². The summed E-state index contributed by atoms with van der Waals surface area (Å²) in [5.41, 5.74) is 0.900. The van der Waals surface area contributed by atoms with Gasteiger partial charge in [0.05, 0.1) is 0 Å². The predicted octanol–water partition coefficient (Wildman–Crippen LogP) is 3.13. The van der Waals surface area contributed by atoms with Crippen molar-refractivity contribution >= 4 is 0 Å². The molecule has 1 aliphatic rings. The molecule has 2 unspecified atom stereocenters. The molecule has 0 aromatic heterocycles. The van der Waals surface area contributed by atoms with Crippen molar-refractivity contribution in [3.05, 3.63) is 0 Å². The first-order valence-electron chi connectivity index (χ1n) is 7.22. The van der Waals surface area contributed by atoms with E-state index in [0.29, 0.717) is 16.9 Å². The Morgan fingerprint density at radius 3 is 2.41 bits per heavy atom. The minimum Gasteiger partial charge on any atom is -0.316 e. The lowest BCUT2D eigenvalue weighted by molar-refractivity contribution is 0.0866. The smallest absolute Gasteiger partial charge is 0.0113 e. The van der Waals surface area contributed by atoms with Crippen LogP contribution in [0.3, 0.4) is 0 Å². The molecule has 1 aliphatic heterocycles. The van der Waals surface area contributed by atoms with Crippen LogP contribution in [0.1, 0.15) is 53.9 Å². The largest absolute Gasteiger partial charge is 0.316 e. The maximum atomic E-state index is 3.55. The summed E-state index contributed by atoms with van der Waals surface area (Å²) in [4.78, 5) is 2.57. The van der Waals surface area contributed by atoms with E-state index in [0.717, 1.165) is 0 Å². The Labute approximate surface area is 108 Å². The maximum absolute atomic E-state index is 3.55. The highest BCUT2D eigenvalue weighted by molar-refractivity contribution is 4.91. The third kappa shape index (κ3) is 3.96. The van der Waals surface area contributed by atoms with Gasteiger partial charge < -0.3 is 10.2 Å². The van der Waals surface area contributed by atoms with E-state index in [1.807, 2.05) is 0 Å². The molecule has 0 aromatic carbocycles. The van der Waals surface area contributed by atoms with Gasteiger partial charge in [0.15, 0.2) is 0 Å². The Morgan fingerprint density at radius 2 is 2.00 bits per heavy atom. The van der Waals surface area contributed by atoms with Gasteiger partial charge in [-0.2, -0.15) is 0 Å². The van der Waals surface area contributed by atoms with Crippen molar-refractivity contribution in [1.29, 1.82) is 0 Å². The second kappa shape index (κ2) is 5.71. The van der Waals surface area contributed by atoms with Crippen LogP contribution in [-0.4, -0.2) is 37.6 Å². The highest BCUT2D eigenvalue weighted by Gasteiger charge is 2.36. The van der Waals surface area contributed by atoms with Gasteiger partial charge in [-0.3, -0.25) is 0 Å². The first-order chi connectivity index (χ1) is 7.81. The van der Waals surface area contributed by atoms with E-state index in [9.17, 15) is 0 Å². The molecule has 2 atom stereocenters. The van der Waals surface area contributed by atoms with Crippen molar-refractivity contribution < 1.29 is 0 Å². The third-order valence-corrected chi connectivity index (χ3v) is 4.61. The topological polar surface area (TPSA) is 15.3 Å². The minimum absolute atomic E-state index is 0.369. The van der Waals surface area contributed by atoms with Gasteiger partial charge in [0, 0.05) is 19.1 Å². The van der Waals surface area contributed by atoms with Crippen LogP contribution in [0.2, 0.25) is 0 Å². The molecule has 0 radical (unpaired) electrons. The summed E-state index contributed by atoms with van der Waals surface area (Å²) in [5.74, 6) is 0. The Hall–Kier alpha value is -0.0800. The molecule has 1 N–H and O–H groups in total. The van der Waals surface area contributed by atoms with Crippen molar-refractivity contribution in [1.82, 2.24) is 10.2 Å². The van der Waals surface area contributed by atoms with Crippen molar-refractivity contribution in [3.63, 3.8) is 0 Å². The maximum Gasteiger partial charge on any atom is 0.0113 e. The van der Waals surface area contributed by atoms with Gasteiger partial charge >= 0.3 is 0 Å². The number of hydrogen-bond donors (Lipinski definition) is 1. The standard InChI is InChI=1S/C15H32N2/c1-7-8-15(9-10-16-11-15)12-17(6)13(2)14(3,4)5/h13,16H,7-12H2,1-6H3. The fourth-order valence-corrected chi connectivity index (χ4v) is 3.08. The van der Waals surface area contributed by atoms with Gasteiger partial charge in [-0.1, -0.05) is 34.1 Å². The Morgan fingerprint density at radius 1 is 1.35 bits per heavy atom. The van der Waals surface area contributed by atoms with Gasteiger partial charge in [0.25, 0.3) is 0 Å². The summed E-state index contributed by atoms with van der Waals surface area (Å²) in [6, 6.07) is 0.636. The van der Waals surface area contributed by atoms with Crippen LogP contribution >= 0.6 is 0 Å². The fourth-order valence-electron chi connectivity index (χ4n) is 3.08. The highest BCUT2D eigenvalue weighted by Crippen LogP contribution is 2.34. The number of hydrogen-bond acceptors (Lipinski definition) is 2. The Kier molecular flexibility index (Phi) is 5.03. The van der Waals surface area contributed by atoms with Crippen molar-refractivity contribution in [3.8, 4) is 0 Å². The number of nitrogens with one attached hydrogen (secondary N) is 1. The van der Waals surface area contributed by atoms with Gasteiger partial charge in [-0.05, 0) is 44.2 Å². The molecule has 1 rings (SSSR count). The molecule has 0 aliphatic carbocycles. The van der Waals surface area contributed by atoms with Crippen LogP contribution in [0.25, 0.3) is 0 Å². The molecule has 0 spiro atoms. The van der Waals surface area contributed by atoms with E-state index in [1.54, 1.807) is 0 Å². The molecule has 1 saturated heterocycles. The summed E-state index contributed by atoms with van der Waals surface area (Å²) in [6.45, 7) is 15.4. The first-order valence-corrected chi connectivity index (χ1v) is 7.22. The Balaban J connectivity index is 2.61. The van der Waals surface area contributed by atoms with E-state index in [1.165, 1.54) is 38.9 Å². The van der Waals surface area contributed by atoms with E-state index in [4.69, 9.17) is 0 Å². The van der Waals surface area contributed by atoms with Crippen LogP contribution in [0.5, 0.6) is 0 Å². The average Bonchev–Trinajstić information content (AvgIpc) is 2.64. The average molecular weight is 240 g/mol. The zero-order valence-electron chi connectivity index (χ0n) is 12.8. The predicted molar refractivity (Wildman–Crippen MR) is 76.4 cm³/mol. The summed E-state index contributed by atoms with van der Waals surface area (Å²) in [6.07, 6.45) is 4.02.